The molecule has 2 N–H and O–H groups in total. The van der Waals surface area contributed by atoms with E-state index in [1.807, 2.05) is 0 Å². The Bertz CT molecular complexity index is 308. The van der Waals surface area contributed by atoms with Gasteiger partial charge in [-0.1, -0.05) is 24.4 Å². The highest BCUT2D eigenvalue weighted by Crippen LogP contribution is 2.30. The van der Waals surface area contributed by atoms with Crippen molar-refractivity contribution in [1.29, 1.82) is 0 Å². The lowest BCUT2D eigenvalue weighted by Crippen LogP contribution is -2.08. The van der Waals surface area contributed by atoms with E-state index in [-0.39, 0.29) is 0 Å². The van der Waals surface area contributed by atoms with Gasteiger partial charge in [0.2, 0.25) is 0 Å². The average Bonchev–Trinajstić information content (AvgIpc) is 2.79. The average molecular weight is 225 g/mol. The molecule has 1 fully saturated rings. The summed E-state index contributed by atoms with van der Waals surface area (Å²) in [4.78, 5) is 4.36. The maximum absolute atomic E-state index is 5.32. The van der Waals surface area contributed by atoms with Crippen molar-refractivity contribution in [1.82, 2.24) is 10.1 Å². The smallest absolute Gasteiger partial charge is 0.252 e. The summed E-state index contributed by atoms with van der Waals surface area (Å²) >= 11 is 0. The summed E-state index contributed by atoms with van der Waals surface area (Å²) in [5.41, 5.74) is 5.32. The molecule has 0 unspecified atom stereocenters. The molecular weight excluding hydrogens is 206 g/mol. The van der Waals surface area contributed by atoms with Crippen LogP contribution in [0.2, 0.25) is 0 Å². The highest BCUT2D eigenvalue weighted by Gasteiger charge is 2.20. The Balaban J connectivity index is 1.85. The molecule has 5 heteroatoms. The Kier molecular flexibility index (Phi) is 4.30. The van der Waals surface area contributed by atoms with Crippen molar-refractivity contribution >= 4 is 0 Å². The first-order chi connectivity index (χ1) is 7.90. The van der Waals surface area contributed by atoms with Crippen molar-refractivity contribution in [3.63, 3.8) is 0 Å². The van der Waals surface area contributed by atoms with Gasteiger partial charge in [0, 0.05) is 12.5 Å². The number of ether oxygens (including phenoxy) is 1. The number of hydrogen-bond acceptors (Lipinski definition) is 5. The SMILES string of the molecule is NCCOCc1nc(C2CCCCC2)no1. The van der Waals surface area contributed by atoms with E-state index >= 15 is 0 Å². The molecular formula is C11H19N3O2. The number of nitrogens with two attached hydrogens (primary N) is 1. The van der Waals surface area contributed by atoms with Crippen molar-refractivity contribution in [3.8, 4) is 0 Å². The third-order valence-corrected chi connectivity index (χ3v) is 2.94. The number of hydrogen-bond donors (Lipinski definition) is 1. The molecule has 0 aromatic carbocycles. The molecule has 0 saturated heterocycles. The summed E-state index contributed by atoms with van der Waals surface area (Å²) < 4.78 is 10.4. The van der Waals surface area contributed by atoms with Crippen molar-refractivity contribution < 1.29 is 9.26 Å². The molecule has 0 atom stereocenters. The second kappa shape index (κ2) is 5.96. The van der Waals surface area contributed by atoms with Crippen molar-refractivity contribution in [3.05, 3.63) is 11.7 Å². The van der Waals surface area contributed by atoms with Gasteiger partial charge in [0.25, 0.3) is 5.89 Å². The van der Waals surface area contributed by atoms with E-state index in [9.17, 15) is 0 Å². The molecule has 0 spiro atoms. The molecule has 5 nitrogen and oxygen atoms in total. The van der Waals surface area contributed by atoms with E-state index in [0.29, 0.717) is 31.6 Å². The fourth-order valence-electron chi connectivity index (χ4n) is 2.10. The van der Waals surface area contributed by atoms with E-state index < -0.39 is 0 Å². The highest BCUT2D eigenvalue weighted by atomic mass is 16.5. The Hall–Kier alpha value is -0.940. The van der Waals surface area contributed by atoms with Crippen LogP contribution >= 0.6 is 0 Å². The van der Waals surface area contributed by atoms with Crippen LogP contribution in [0.1, 0.15) is 49.7 Å². The molecule has 2 rings (SSSR count). The maximum Gasteiger partial charge on any atom is 0.252 e. The van der Waals surface area contributed by atoms with Crippen LogP contribution in [0.3, 0.4) is 0 Å². The highest BCUT2D eigenvalue weighted by molar-refractivity contribution is 4.96. The van der Waals surface area contributed by atoms with Gasteiger partial charge >= 0.3 is 0 Å². The lowest BCUT2D eigenvalue weighted by molar-refractivity contribution is 0.104. The van der Waals surface area contributed by atoms with E-state index in [2.05, 4.69) is 10.1 Å². The van der Waals surface area contributed by atoms with Gasteiger partial charge in [-0.15, -0.1) is 0 Å². The van der Waals surface area contributed by atoms with Crippen LogP contribution in [0, 0.1) is 0 Å². The Morgan fingerprint density at radius 1 is 1.31 bits per heavy atom. The first-order valence-corrected chi connectivity index (χ1v) is 6.00. The summed E-state index contributed by atoms with van der Waals surface area (Å²) in [6.07, 6.45) is 6.25. The topological polar surface area (TPSA) is 74.2 Å². The summed E-state index contributed by atoms with van der Waals surface area (Å²) in [6, 6.07) is 0. The molecule has 0 aliphatic heterocycles. The molecule has 0 radical (unpaired) electrons. The fraction of sp³-hybridized carbons (Fsp3) is 0.818. The third-order valence-electron chi connectivity index (χ3n) is 2.94. The van der Waals surface area contributed by atoms with E-state index in [4.69, 9.17) is 15.0 Å². The second-order valence-electron chi connectivity index (χ2n) is 4.22. The van der Waals surface area contributed by atoms with Crippen molar-refractivity contribution in [2.45, 2.75) is 44.6 Å². The predicted octanol–water partition coefficient (Wildman–Crippen LogP) is 1.59. The lowest BCUT2D eigenvalue weighted by atomic mass is 9.89. The standard InChI is InChI=1S/C11H19N3O2/c12-6-7-15-8-10-13-11(14-16-10)9-4-2-1-3-5-9/h9H,1-8,12H2. The van der Waals surface area contributed by atoms with Gasteiger partial charge < -0.3 is 15.0 Å². The van der Waals surface area contributed by atoms with Crippen LogP contribution in [0.4, 0.5) is 0 Å². The van der Waals surface area contributed by atoms with Crippen LogP contribution in [-0.4, -0.2) is 23.3 Å². The van der Waals surface area contributed by atoms with Crippen LogP contribution < -0.4 is 5.73 Å². The molecule has 1 heterocycles. The molecule has 90 valence electrons. The summed E-state index contributed by atoms with van der Waals surface area (Å²) in [7, 11) is 0. The van der Waals surface area contributed by atoms with Crippen molar-refractivity contribution in [2.75, 3.05) is 13.2 Å². The molecule has 1 aromatic rings. The first kappa shape index (κ1) is 11.5. The Labute approximate surface area is 95.3 Å². The lowest BCUT2D eigenvalue weighted by Gasteiger charge is -2.17. The molecule has 1 aromatic heterocycles. The molecule has 0 amide bonds. The van der Waals surface area contributed by atoms with Gasteiger partial charge in [0.15, 0.2) is 5.82 Å². The van der Waals surface area contributed by atoms with Crippen LogP contribution in [0.15, 0.2) is 4.52 Å². The predicted molar refractivity (Wildman–Crippen MR) is 58.8 cm³/mol. The second-order valence-corrected chi connectivity index (χ2v) is 4.22. The first-order valence-electron chi connectivity index (χ1n) is 6.00. The summed E-state index contributed by atoms with van der Waals surface area (Å²) in [5.74, 6) is 1.90. The molecule has 1 aliphatic carbocycles. The molecule has 16 heavy (non-hydrogen) atoms. The zero-order valence-electron chi connectivity index (χ0n) is 9.52. The van der Waals surface area contributed by atoms with Gasteiger partial charge in [0.1, 0.15) is 6.61 Å². The fourth-order valence-corrected chi connectivity index (χ4v) is 2.10. The van der Waals surface area contributed by atoms with Crippen molar-refractivity contribution in [2.24, 2.45) is 5.73 Å². The maximum atomic E-state index is 5.32. The monoisotopic (exact) mass is 225 g/mol. The number of rotatable bonds is 5. The normalized spacial score (nSPS) is 17.8. The molecule has 1 saturated carbocycles. The Morgan fingerprint density at radius 2 is 2.12 bits per heavy atom. The summed E-state index contributed by atoms with van der Waals surface area (Å²) in [5, 5.41) is 4.02. The summed E-state index contributed by atoms with van der Waals surface area (Å²) in [6.45, 7) is 1.42. The number of aromatic nitrogens is 2. The van der Waals surface area contributed by atoms with E-state index in [1.54, 1.807) is 0 Å². The largest absolute Gasteiger partial charge is 0.370 e. The zero-order chi connectivity index (χ0) is 11.2. The van der Waals surface area contributed by atoms with Crippen LogP contribution in [0.25, 0.3) is 0 Å². The van der Waals surface area contributed by atoms with Gasteiger partial charge in [-0.2, -0.15) is 4.98 Å². The van der Waals surface area contributed by atoms with E-state index in [1.165, 1.54) is 32.1 Å². The van der Waals surface area contributed by atoms with Crippen LogP contribution in [-0.2, 0) is 11.3 Å². The molecule has 1 aliphatic rings. The quantitative estimate of drug-likeness (QED) is 0.770. The minimum absolute atomic E-state index is 0.372. The van der Waals surface area contributed by atoms with Gasteiger partial charge in [-0.25, -0.2) is 0 Å². The minimum Gasteiger partial charge on any atom is -0.370 e. The Morgan fingerprint density at radius 3 is 2.88 bits per heavy atom. The number of nitrogens with zero attached hydrogens (tertiary/aromatic N) is 2. The van der Waals surface area contributed by atoms with Gasteiger partial charge in [0.05, 0.1) is 6.61 Å². The molecule has 0 bridgehead atoms. The minimum atomic E-state index is 0.372. The zero-order valence-corrected chi connectivity index (χ0v) is 9.52. The van der Waals surface area contributed by atoms with Gasteiger partial charge in [-0.3, -0.25) is 0 Å². The van der Waals surface area contributed by atoms with Crippen LogP contribution in [0.5, 0.6) is 0 Å². The van der Waals surface area contributed by atoms with Gasteiger partial charge in [-0.05, 0) is 12.8 Å². The third kappa shape index (κ3) is 3.02. The van der Waals surface area contributed by atoms with E-state index in [0.717, 1.165) is 5.82 Å².